The van der Waals surface area contributed by atoms with Crippen molar-refractivity contribution in [3.05, 3.63) is 177 Å². The van der Waals surface area contributed by atoms with E-state index in [-0.39, 0.29) is 36.1 Å². The van der Waals surface area contributed by atoms with E-state index in [1.807, 2.05) is 66.7 Å². The average molecular weight is 809 g/mol. The van der Waals surface area contributed by atoms with Crippen LogP contribution in [0.3, 0.4) is 0 Å². The number of ether oxygens (including phenoxy) is 3. The second-order valence-corrected chi connectivity index (χ2v) is 15.5. The van der Waals surface area contributed by atoms with Crippen LogP contribution < -0.4 is 20.9 Å². The molecule has 3 saturated heterocycles. The number of phenolic OH excluding ortho intramolecular Hbond substituents is 1. The zero-order valence-electron chi connectivity index (χ0n) is 33.1. The maximum Gasteiger partial charge on any atom is 0.407 e. The molecule has 1 aromatic heterocycles. The highest BCUT2D eigenvalue weighted by molar-refractivity contribution is 5.89. The van der Waals surface area contributed by atoms with Crippen molar-refractivity contribution in [2.24, 2.45) is 5.92 Å². The number of aliphatic hydroxyl groups is 1. The number of nitrogens with one attached hydrogen (secondary N) is 3. The van der Waals surface area contributed by atoms with Crippen molar-refractivity contribution in [2.45, 2.75) is 50.8 Å². The Morgan fingerprint density at radius 3 is 2.40 bits per heavy atom. The molecule has 3 unspecified atom stereocenters. The van der Waals surface area contributed by atoms with E-state index in [9.17, 15) is 24.6 Å². The lowest BCUT2D eigenvalue weighted by Gasteiger charge is -2.49. The number of phenols is 1. The molecule has 5 atom stereocenters. The molecule has 9 rings (SSSR count). The summed E-state index contributed by atoms with van der Waals surface area (Å²) in [6, 6.07) is 38.8. The highest BCUT2D eigenvalue weighted by atomic mass is 16.6. The normalized spacial score (nSPS) is 18.8. The molecule has 6 aromatic rings. The number of alkyl carbamates (subject to hydrolysis) is 1. The maximum atomic E-state index is 12.9. The van der Waals surface area contributed by atoms with E-state index in [0.717, 1.165) is 48.3 Å². The van der Waals surface area contributed by atoms with Gasteiger partial charge in [-0.2, -0.15) is 0 Å². The molecule has 5 N–H and O–H groups in total. The molecule has 4 heterocycles. The van der Waals surface area contributed by atoms with Gasteiger partial charge in [-0.15, -0.1) is 0 Å². The van der Waals surface area contributed by atoms with Crippen LogP contribution in [0.5, 0.6) is 11.5 Å². The number of hydrogen-bond donors (Lipinski definition) is 5. The van der Waals surface area contributed by atoms with Crippen LogP contribution in [-0.2, 0) is 35.8 Å². The van der Waals surface area contributed by atoms with Crippen LogP contribution in [-0.4, -0.2) is 64.4 Å². The van der Waals surface area contributed by atoms with Crippen LogP contribution in [0.15, 0.2) is 132 Å². The van der Waals surface area contributed by atoms with Gasteiger partial charge in [-0.25, -0.2) is 9.59 Å². The van der Waals surface area contributed by atoms with Crippen molar-refractivity contribution in [3.8, 4) is 11.5 Å². The molecule has 0 radical (unpaired) electrons. The Labute approximate surface area is 347 Å². The van der Waals surface area contributed by atoms with Gasteiger partial charge in [-0.1, -0.05) is 84.9 Å². The molecule has 0 spiro atoms. The first-order valence-corrected chi connectivity index (χ1v) is 20.3. The Morgan fingerprint density at radius 1 is 0.800 bits per heavy atom. The first-order chi connectivity index (χ1) is 29.3. The number of esters is 1. The lowest BCUT2D eigenvalue weighted by atomic mass is 9.74. The average Bonchev–Trinajstić information content (AvgIpc) is 3.28. The summed E-state index contributed by atoms with van der Waals surface area (Å²) in [5, 5.41) is 27.7. The van der Waals surface area contributed by atoms with Crippen molar-refractivity contribution < 1.29 is 34.0 Å². The highest BCUT2D eigenvalue weighted by Crippen LogP contribution is 2.40. The molecule has 3 fully saturated rings. The van der Waals surface area contributed by atoms with Crippen LogP contribution in [0, 0.1) is 5.92 Å². The van der Waals surface area contributed by atoms with Crippen LogP contribution in [0.25, 0.3) is 10.9 Å². The van der Waals surface area contributed by atoms with Crippen molar-refractivity contribution in [2.75, 3.05) is 26.2 Å². The van der Waals surface area contributed by atoms with E-state index >= 15 is 0 Å². The second kappa shape index (κ2) is 18.6. The van der Waals surface area contributed by atoms with Crippen LogP contribution in [0.4, 0.5) is 4.79 Å². The van der Waals surface area contributed by atoms with Gasteiger partial charge < -0.3 is 40.0 Å². The van der Waals surface area contributed by atoms with E-state index < -0.39 is 18.2 Å². The number of rotatable bonds is 15. The zero-order chi connectivity index (χ0) is 41.4. The molecule has 12 nitrogen and oxygen atoms in total. The Bertz CT molecular complexity index is 2490. The van der Waals surface area contributed by atoms with Crippen molar-refractivity contribution in [1.82, 2.24) is 20.5 Å². The highest BCUT2D eigenvalue weighted by Gasteiger charge is 2.43. The third kappa shape index (κ3) is 9.86. The Morgan fingerprint density at radius 2 is 1.58 bits per heavy atom. The molecular weight excluding hydrogens is 761 g/mol. The summed E-state index contributed by atoms with van der Waals surface area (Å²) in [5.74, 6) is 0.827. The molecule has 5 aromatic carbocycles. The smallest absolute Gasteiger partial charge is 0.407 e. The third-order valence-electron chi connectivity index (χ3n) is 11.4. The first-order valence-electron chi connectivity index (χ1n) is 20.3. The van der Waals surface area contributed by atoms with E-state index in [1.54, 1.807) is 24.3 Å². The predicted molar refractivity (Wildman–Crippen MR) is 227 cm³/mol. The molecule has 0 saturated carbocycles. The summed E-state index contributed by atoms with van der Waals surface area (Å²) in [4.78, 5) is 42.5. The lowest BCUT2D eigenvalue weighted by molar-refractivity contribution is -0.0459. The number of aromatic amines is 1. The number of benzene rings is 5. The predicted octanol–water partition coefficient (Wildman–Crippen LogP) is 6.71. The fourth-order valence-corrected chi connectivity index (χ4v) is 8.29. The number of H-pyrrole nitrogens is 1. The minimum atomic E-state index is -0.881. The lowest BCUT2D eigenvalue weighted by Crippen LogP contribution is -2.56. The number of aromatic nitrogens is 1. The van der Waals surface area contributed by atoms with Gasteiger partial charge in [-0.3, -0.25) is 9.69 Å². The number of nitrogens with zero attached hydrogens (tertiary/aromatic N) is 1. The second-order valence-electron chi connectivity index (χ2n) is 15.5. The molecule has 3 aliphatic heterocycles. The summed E-state index contributed by atoms with van der Waals surface area (Å²) in [5.41, 5.74) is 5.79. The number of piperidine rings is 3. The number of fused-ring (bicyclic) bond motifs is 4. The molecule has 2 bridgehead atoms. The summed E-state index contributed by atoms with van der Waals surface area (Å²) >= 11 is 0. The number of aromatic hydroxyl groups is 1. The van der Waals surface area contributed by atoms with Gasteiger partial charge in [0.2, 0.25) is 5.56 Å². The third-order valence-corrected chi connectivity index (χ3v) is 11.4. The minimum absolute atomic E-state index is 0.0616. The largest absolute Gasteiger partial charge is 0.506 e. The first kappa shape index (κ1) is 40.3. The fourth-order valence-electron chi connectivity index (χ4n) is 8.29. The summed E-state index contributed by atoms with van der Waals surface area (Å²) in [6.45, 7) is 4.20. The maximum absolute atomic E-state index is 12.9. The number of aliphatic hydroxyl groups excluding tert-OH is 1. The van der Waals surface area contributed by atoms with E-state index in [2.05, 4.69) is 44.8 Å². The quantitative estimate of drug-likeness (QED) is 0.0706. The van der Waals surface area contributed by atoms with Crippen molar-refractivity contribution in [3.63, 3.8) is 0 Å². The van der Waals surface area contributed by atoms with Gasteiger partial charge in [0.1, 0.15) is 30.8 Å². The van der Waals surface area contributed by atoms with Crippen molar-refractivity contribution in [1.29, 1.82) is 0 Å². The molecule has 308 valence electrons. The Balaban J connectivity index is 0.761. The standard InChI is InChI=1S/C48H48N4O8/c53-42-18-16-38(40-17-19-45(55)51-46(40)42)43(54)26-49-24-32-6-4-8-34(22-32)30-59-47(56)36-14-12-31(13-15-36)29-58-37-11-5-7-33(23-37)25-50-48(57)60-44-28-52-21-20-39(44)41(27-52)35-9-2-1-3-10-35/h1-19,22-23,39,41,43-44,49,53-54H,20-21,24-30H2,(H,50,57)(H,51,55)/t39?,41?,43-,44-/m0/s1. The SMILES string of the molecule is O=C(NCc1cccc(OCc2ccc(C(=O)OCc3cccc(CNC[C@H](O)c4ccc(O)c5[nH]c(=O)ccc45)c3)cc2)c1)O[C@H]1CN2CCC1C(c1ccccc1)C2. The number of carbonyl (C=O) groups excluding carboxylic acids is 2. The Hall–Kier alpha value is -6.47. The van der Waals surface area contributed by atoms with Gasteiger partial charge in [0.25, 0.3) is 0 Å². The summed E-state index contributed by atoms with van der Waals surface area (Å²) in [7, 11) is 0. The van der Waals surface area contributed by atoms with Gasteiger partial charge in [-0.05, 0) is 82.7 Å². The van der Waals surface area contributed by atoms with Gasteiger partial charge >= 0.3 is 12.1 Å². The van der Waals surface area contributed by atoms with Gasteiger partial charge in [0.15, 0.2) is 0 Å². The van der Waals surface area contributed by atoms with Crippen LogP contribution in [0.1, 0.15) is 62.2 Å². The van der Waals surface area contributed by atoms with E-state index in [1.165, 1.54) is 17.7 Å². The fraction of sp³-hybridized carbons (Fsp3) is 0.271. The van der Waals surface area contributed by atoms with E-state index in [4.69, 9.17) is 14.2 Å². The minimum Gasteiger partial charge on any atom is -0.506 e. The van der Waals surface area contributed by atoms with Gasteiger partial charge in [0, 0.05) is 56.0 Å². The topological polar surface area (TPSA) is 162 Å². The monoisotopic (exact) mass is 808 g/mol. The van der Waals surface area contributed by atoms with Crippen LogP contribution in [0.2, 0.25) is 0 Å². The number of amides is 1. The number of hydrogen-bond acceptors (Lipinski definition) is 10. The summed E-state index contributed by atoms with van der Waals surface area (Å²) < 4.78 is 17.6. The summed E-state index contributed by atoms with van der Waals surface area (Å²) in [6.07, 6.45) is -0.417. The molecular formula is C48H48N4O8. The number of pyridine rings is 1. The van der Waals surface area contributed by atoms with E-state index in [0.29, 0.717) is 53.8 Å². The number of carbonyl (C=O) groups is 2. The molecule has 12 heteroatoms. The van der Waals surface area contributed by atoms with Crippen molar-refractivity contribution >= 4 is 23.0 Å². The molecule has 1 amide bonds. The molecule has 3 aliphatic rings. The molecule has 60 heavy (non-hydrogen) atoms. The van der Waals surface area contributed by atoms with Crippen LogP contribution >= 0.6 is 0 Å². The molecule has 0 aliphatic carbocycles. The van der Waals surface area contributed by atoms with Gasteiger partial charge in [0.05, 0.1) is 17.2 Å². The Kier molecular flexibility index (Phi) is 12.5. The zero-order valence-corrected chi connectivity index (χ0v) is 33.1.